The Morgan fingerprint density at radius 2 is 2.19 bits per heavy atom. The van der Waals surface area contributed by atoms with E-state index in [1.807, 2.05) is 44.2 Å². The number of nitrogen functional groups attached to an aromatic ring is 1. The number of aromatic nitrogens is 3. The maximum atomic E-state index is 12.4. The van der Waals surface area contributed by atoms with Gasteiger partial charge < -0.3 is 15.6 Å². The Bertz CT molecular complexity index is 876. The van der Waals surface area contributed by atoms with Crippen molar-refractivity contribution in [3.05, 3.63) is 54.0 Å². The summed E-state index contributed by atoms with van der Waals surface area (Å²) in [6, 6.07) is 11.5. The highest BCUT2D eigenvalue weighted by Crippen LogP contribution is 2.26. The van der Waals surface area contributed by atoms with Gasteiger partial charge in [0.25, 0.3) is 0 Å². The summed E-state index contributed by atoms with van der Waals surface area (Å²) in [5.74, 6) is 7.36. The second kappa shape index (κ2) is 8.09. The number of nitrogens with two attached hydrogens (primary N) is 1. The van der Waals surface area contributed by atoms with Gasteiger partial charge in [-0.2, -0.15) is 0 Å². The number of hydrogen-bond donors (Lipinski definition) is 2. The molecule has 0 aliphatic rings. The van der Waals surface area contributed by atoms with Crippen LogP contribution >= 0.6 is 11.8 Å². The zero-order valence-corrected chi connectivity index (χ0v) is 15.5. The van der Waals surface area contributed by atoms with E-state index in [2.05, 4.69) is 15.5 Å². The van der Waals surface area contributed by atoms with E-state index in [1.54, 1.807) is 12.3 Å². The predicted octanol–water partition coefficient (Wildman–Crippen LogP) is 2.75. The molecule has 0 aliphatic carbocycles. The second-order valence-electron chi connectivity index (χ2n) is 5.86. The van der Waals surface area contributed by atoms with E-state index in [9.17, 15) is 4.79 Å². The van der Waals surface area contributed by atoms with Crippen molar-refractivity contribution in [1.29, 1.82) is 0 Å². The molecule has 3 aromatic rings. The van der Waals surface area contributed by atoms with Crippen LogP contribution in [0.15, 0.2) is 52.2 Å². The van der Waals surface area contributed by atoms with E-state index < -0.39 is 0 Å². The molecule has 0 saturated heterocycles. The molecular weight excluding hydrogens is 350 g/mol. The number of nitrogens with one attached hydrogen (secondary N) is 1. The summed E-state index contributed by atoms with van der Waals surface area (Å²) in [4.78, 5) is 12.4. The van der Waals surface area contributed by atoms with E-state index in [0.717, 1.165) is 11.1 Å². The molecule has 26 heavy (non-hydrogen) atoms. The molecule has 0 saturated carbocycles. The van der Waals surface area contributed by atoms with E-state index in [4.69, 9.17) is 10.3 Å². The van der Waals surface area contributed by atoms with Crippen molar-refractivity contribution < 1.29 is 9.21 Å². The minimum Gasteiger partial charge on any atom is -0.467 e. The molecule has 1 aromatic carbocycles. The van der Waals surface area contributed by atoms with Crippen molar-refractivity contribution in [3.8, 4) is 11.4 Å². The highest BCUT2D eigenvalue weighted by atomic mass is 32.2. The van der Waals surface area contributed by atoms with Crippen molar-refractivity contribution in [2.24, 2.45) is 0 Å². The number of nitrogens with zero attached hydrogens (tertiary/aromatic N) is 3. The molecule has 8 heteroatoms. The number of carbonyl (C=O) groups is 1. The first-order chi connectivity index (χ1) is 12.6. The fourth-order valence-corrected chi connectivity index (χ4v) is 3.39. The van der Waals surface area contributed by atoms with Crippen molar-refractivity contribution >= 4 is 17.7 Å². The van der Waals surface area contributed by atoms with Gasteiger partial charge in [-0.25, -0.2) is 4.68 Å². The Morgan fingerprint density at radius 3 is 2.88 bits per heavy atom. The number of amides is 1. The molecule has 3 N–H and O–H groups in total. The van der Waals surface area contributed by atoms with Gasteiger partial charge in [0.05, 0.1) is 18.1 Å². The van der Waals surface area contributed by atoms with Crippen molar-refractivity contribution in [2.45, 2.75) is 37.2 Å². The van der Waals surface area contributed by atoms with Crippen LogP contribution in [-0.2, 0) is 11.3 Å². The molecule has 1 atom stereocenters. The van der Waals surface area contributed by atoms with Crippen LogP contribution in [0.5, 0.6) is 0 Å². The largest absolute Gasteiger partial charge is 0.467 e. The third-order valence-corrected chi connectivity index (χ3v) is 5.19. The van der Waals surface area contributed by atoms with Gasteiger partial charge in [-0.05, 0) is 31.5 Å². The Kier molecular flexibility index (Phi) is 5.62. The van der Waals surface area contributed by atoms with Gasteiger partial charge in [0, 0.05) is 5.56 Å². The van der Waals surface area contributed by atoms with Crippen LogP contribution in [0.25, 0.3) is 11.4 Å². The number of carbonyl (C=O) groups excluding carboxylic acids is 1. The van der Waals surface area contributed by atoms with E-state index in [1.165, 1.54) is 16.4 Å². The Morgan fingerprint density at radius 1 is 1.35 bits per heavy atom. The van der Waals surface area contributed by atoms with Crippen molar-refractivity contribution in [2.75, 3.05) is 5.84 Å². The highest BCUT2D eigenvalue weighted by Gasteiger charge is 2.22. The molecule has 0 spiro atoms. The van der Waals surface area contributed by atoms with Crippen LogP contribution in [0.1, 0.15) is 24.7 Å². The number of rotatable bonds is 7. The Labute approximate surface area is 156 Å². The lowest BCUT2D eigenvalue weighted by atomic mass is 10.1. The van der Waals surface area contributed by atoms with Crippen LogP contribution in [-0.4, -0.2) is 26.0 Å². The predicted molar refractivity (Wildman–Crippen MR) is 101 cm³/mol. The third-order valence-electron chi connectivity index (χ3n) is 3.87. The minimum atomic E-state index is -0.318. The number of benzene rings is 1. The summed E-state index contributed by atoms with van der Waals surface area (Å²) in [6.45, 7) is 4.31. The average molecular weight is 371 g/mol. The summed E-state index contributed by atoms with van der Waals surface area (Å²) in [5, 5.41) is 11.4. The minimum absolute atomic E-state index is 0.0889. The number of thioether (sulfide) groups is 1. The molecule has 2 aromatic heterocycles. The lowest BCUT2D eigenvalue weighted by Gasteiger charge is -2.13. The van der Waals surface area contributed by atoms with Gasteiger partial charge in [0.15, 0.2) is 5.82 Å². The Balaban J connectivity index is 1.69. The molecule has 0 radical (unpaired) electrons. The molecule has 136 valence electrons. The second-order valence-corrected chi connectivity index (χ2v) is 7.03. The molecule has 1 unspecified atom stereocenters. The lowest BCUT2D eigenvalue weighted by Crippen LogP contribution is -2.32. The van der Waals surface area contributed by atoms with Gasteiger partial charge in [-0.3, -0.25) is 4.79 Å². The first kappa shape index (κ1) is 18.1. The summed E-state index contributed by atoms with van der Waals surface area (Å²) in [7, 11) is 0. The molecule has 3 rings (SSSR count). The smallest absolute Gasteiger partial charge is 0.233 e. The van der Waals surface area contributed by atoms with Crippen molar-refractivity contribution in [1.82, 2.24) is 20.2 Å². The first-order valence-electron chi connectivity index (χ1n) is 8.32. The zero-order valence-electron chi connectivity index (χ0n) is 14.7. The summed E-state index contributed by atoms with van der Waals surface area (Å²) in [6.07, 6.45) is 2.22. The monoisotopic (exact) mass is 371 g/mol. The summed E-state index contributed by atoms with van der Waals surface area (Å²) >= 11 is 1.30. The van der Waals surface area contributed by atoms with Crippen LogP contribution < -0.4 is 11.2 Å². The third kappa shape index (κ3) is 4.08. The summed E-state index contributed by atoms with van der Waals surface area (Å²) < 4.78 is 6.66. The van der Waals surface area contributed by atoms with E-state index in [0.29, 0.717) is 29.7 Å². The van der Waals surface area contributed by atoms with Crippen LogP contribution in [0.3, 0.4) is 0 Å². The molecule has 0 bridgehead atoms. The standard InChI is InChI=1S/C18H21N5O2S/c1-3-15(17(24)20-11-14-8-5-9-25-14)26-18-22-21-16(23(18)19)13-7-4-6-12(2)10-13/h4-10,15H,3,11,19H2,1-2H3,(H,20,24). The molecule has 0 fully saturated rings. The molecule has 0 aliphatic heterocycles. The van der Waals surface area contributed by atoms with Gasteiger partial charge in [0.1, 0.15) is 5.76 Å². The van der Waals surface area contributed by atoms with E-state index in [-0.39, 0.29) is 11.2 Å². The average Bonchev–Trinajstić information content (AvgIpc) is 3.27. The molecule has 2 heterocycles. The number of aryl methyl sites for hydroxylation is 1. The molecule has 1 amide bonds. The zero-order chi connectivity index (χ0) is 18.5. The van der Waals surface area contributed by atoms with Gasteiger partial charge in [0.2, 0.25) is 11.1 Å². The lowest BCUT2D eigenvalue weighted by molar-refractivity contribution is -0.120. The Hall–Kier alpha value is -2.74. The number of furan rings is 1. The first-order valence-corrected chi connectivity index (χ1v) is 9.20. The SMILES string of the molecule is CCC(Sc1nnc(-c2cccc(C)c2)n1N)C(=O)NCc1ccco1. The van der Waals surface area contributed by atoms with Crippen molar-refractivity contribution in [3.63, 3.8) is 0 Å². The maximum absolute atomic E-state index is 12.4. The fourth-order valence-electron chi connectivity index (χ4n) is 2.49. The quantitative estimate of drug-likeness (QED) is 0.489. The van der Waals surface area contributed by atoms with Crippen LogP contribution in [0, 0.1) is 6.92 Å². The van der Waals surface area contributed by atoms with Crippen LogP contribution in [0.4, 0.5) is 0 Å². The van der Waals surface area contributed by atoms with E-state index >= 15 is 0 Å². The van der Waals surface area contributed by atoms with Crippen LogP contribution in [0.2, 0.25) is 0 Å². The van der Waals surface area contributed by atoms with Gasteiger partial charge >= 0.3 is 0 Å². The fraction of sp³-hybridized carbons (Fsp3) is 0.278. The highest BCUT2D eigenvalue weighted by molar-refractivity contribution is 8.00. The maximum Gasteiger partial charge on any atom is 0.233 e. The van der Waals surface area contributed by atoms with Gasteiger partial charge in [-0.1, -0.05) is 42.4 Å². The van der Waals surface area contributed by atoms with Gasteiger partial charge in [-0.15, -0.1) is 10.2 Å². The summed E-state index contributed by atoms with van der Waals surface area (Å²) in [5.41, 5.74) is 2.01. The number of hydrogen-bond acceptors (Lipinski definition) is 6. The normalized spacial score (nSPS) is 12.1. The molecular formula is C18H21N5O2S. The topological polar surface area (TPSA) is 99.0 Å². The molecule has 7 nitrogen and oxygen atoms in total.